The van der Waals surface area contributed by atoms with Crippen LogP contribution < -0.4 is 4.74 Å². The number of fused-ring (bicyclic) bond motifs is 2. The van der Waals surface area contributed by atoms with E-state index in [1.165, 1.54) is 11.3 Å². The molecule has 1 heterocycles. The number of ether oxygens (including phenoxy) is 1. The normalized spacial score (nSPS) is 10.8. The van der Waals surface area contributed by atoms with E-state index in [9.17, 15) is 9.59 Å². The van der Waals surface area contributed by atoms with E-state index in [-0.39, 0.29) is 18.2 Å². The maximum Gasteiger partial charge on any atom is 0.206 e. The molecular weight excluding hydrogens is 430 g/mol. The van der Waals surface area contributed by atoms with Crippen molar-refractivity contribution in [1.82, 2.24) is 0 Å². The third-order valence-corrected chi connectivity index (χ3v) is 6.60. The van der Waals surface area contributed by atoms with Gasteiger partial charge in [-0.3, -0.25) is 9.59 Å². The minimum atomic E-state index is -0.200. The molecule has 0 radical (unpaired) electrons. The zero-order valence-corrected chi connectivity index (χ0v) is 18.3. The highest BCUT2D eigenvalue weighted by molar-refractivity contribution is 7.21. The lowest BCUT2D eigenvalue weighted by molar-refractivity contribution is 0.0917. The van der Waals surface area contributed by atoms with E-state index in [0.29, 0.717) is 27.3 Å². The average Bonchev–Trinajstić information content (AvgIpc) is 3.25. The van der Waals surface area contributed by atoms with Crippen LogP contribution in [0, 0.1) is 11.3 Å². The molecule has 0 saturated carbocycles. The lowest BCUT2D eigenvalue weighted by Crippen LogP contribution is -2.13. The van der Waals surface area contributed by atoms with Gasteiger partial charge in [0, 0.05) is 21.2 Å². The van der Waals surface area contributed by atoms with E-state index in [4.69, 9.17) is 10.00 Å². The summed E-state index contributed by atoms with van der Waals surface area (Å²) < 4.78 is 6.90. The van der Waals surface area contributed by atoms with Crippen molar-refractivity contribution < 1.29 is 14.3 Å². The quantitative estimate of drug-likeness (QED) is 0.282. The van der Waals surface area contributed by atoms with Gasteiger partial charge in [0.15, 0.2) is 12.4 Å². The van der Waals surface area contributed by atoms with Crippen molar-refractivity contribution in [2.24, 2.45) is 0 Å². The van der Waals surface area contributed by atoms with Gasteiger partial charge in [-0.05, 0) is 53.2 Å². The standard InChI is InChI=1S/C28H17NO3S/c29-16-18-9-11-20(12-10-18)26(31)28-27(23-7-3-4-8-25(23)33-28)32-17-24(30)22-14-13-19-5-1-2-6-21(19)15-22/h1-15H,17H2. The molecule has 4 aromatic carbocycles. The SMILES string of the molecule is N#Cc1ccc(C(=O)c2sc3ccccc3c2OCC(=O)c2ccc3ccccc3c2)cc1. The molecule has 0 saturated heterocycles. The zero-order valence-electron chi connectivity index (χ0n) is 17.4. The van der Waals surface area contributed by atoms with Gasteiger partial charge in [0.1, 0.15) is 10.6 Å². The summed E-state index contributed by atoms with van der Waals surface area (Å²) >= 11 is 1.34. The maximum absolute atomic E-state index is 13.3. The second kappa shape index (κ2) is 8.70. The third kappa shape index (κ3) is 4.00. The van der Waals surface area contributed by atoms with Crippen LogP contribution in [0.4, 0.5) is 0 Å². The minimum absolute atomic E-state index is 0.159. The smallest absolute Gasteiger partial charge is 0.206 e. The number of hydrogen-bond donors (Lipinski definition) is 0. The Labute approximate surface area is 194 Å². The molecule has 0 unspecified atom stereocenters. The number of ketones is 2. The average molecular weight is 448 g/mol. The van der Waals surface area contributed by atoms with Crippen molar-refractivity contribution in [2.45, 2.75) is 0 Å². The molecule has 0 N–H and O–H groups in total. The molecular formula is C28H17NO3S. The number of rotatable bonds is 6. The van der Waals surface area contributed by atoms with Crippen molar-refractivity contribution in [2.75, 3.05) is 6.61 Å². The van der Waals surface area contributed by atoms with Crippen LogP contribution >= 0.6 is 11.3 Å². The molecule has 33 heavy (non-hydrogen) atoms. The van der Waals surface area contributed by atoms with Gasteiger partial charge in [0.05, 0.1) is 11.6 Å². The zero-order chi connectivity index (χ0) is 22.8. The van der Waals surface area contributed by atoms with Crippen molar-refractivity contribution in [3.63, 3.8) is 0 Å². The summed E-state index contributed by atoms with van der Waals surface area (Å²) in [6.07, 6.45) is 0. The number of thiophene rings is 1. The summed E-state index contributed by atoms with van der Waals surface area (Å²) in [4.78, 5) is 26.6. The summed E-state index contributed by atoms with van der Waals surface area (Å²) in [6, 6.07) is 29.6. The number of hydrogen-bond acceptors (Lipinski definition) is 5. The predicted molar refractivity (Wildman–Crippen MR) is 130 cm³/mol. The predicted octanol–water partition coefficient (Wildman–Crippen LogP) is 6.42. The van der Waals surface area contributed by atoms with Gasteiger partial charge in [-0.1, -0.05) is 48.5 Å². The Balaban J connectivity index is 1.46. The van der Waals surface area contributed by atoms with Gasteiger partial charge in [0.25, 0.3) is 0 Å². The number of carbonyl (C=O) groups excluding carboxylic acids is 2. The Morgan fingerprint density at radius 1 is 0.818 bits per heavy atom. The monoisotopic (exact) mass is 447 g/mol. The van der Waals surface area contributed by atoms with Crippen molar-refractivity contribution >= 4 is 43.8 Å². The fraction of sp³-hybridized carbons (Fsp3) is 0.0357. The van der Waals surface area contributed by atoms with Gasteiger partial charge < -0.3 is 4.74 Å². The fourth-order valence-corrected chi connectivity index (χ4v) is 4.84. The summed E-state index contributed by atoms with van der Waals surface area (Å²) in [5.41, 5.74) is 1.51. The summed E-state index contributed by atoms with van der Waals surface area (Å²) in [7, 11) is 0. The molecule has 0 amide bonds. The Kier molecular flexibility index (Phi) is 5.43. The van der Waals surface area contributed by atoms with E-state index >= 15 is 0 Å². The van der Waals surface area contributed by atoms with Crippen LogP contribution in [0.1, 0.15) is 31.2 Å². The molecule has 0 spiro atoms. The minimum Gasteiger partial charge on any atom is -0.483 e. The van der Waals surface area contributed by atoms with Crippen LogP contribution in [0.25, 0.3) is 20.9 Å². The largest absolute Gasteiger partial charge is 0.483 e. The van der Waals surface area contributed by atoms with Crippen molar-refractivity contribution in [1.29, 1.82) is 5.26 Å². The van der Waals surface area contributed by atoms with Gasteiger partial charge in [0.2, 0.25) is 5.78 Å². The van der Waals surface area contributed by atoms with Crippen LogP contribution in [-0.4, -0.2) is 18.2 Å². The van der Waals surface area contributed by atoms with Crippen molar-refractivity contribution in [3.8, 4) is 11.8 Å². The first-order chi connectivity index (χ1) is 16.1. The molecule has 5 aromatic rings. The van der Waals surface area contributed by atoms with E-state index < -0.39 is 0 Å². The summed E-state index contributed by atoms with van der Waals surface area (Å²) in [5.74, 6) is 0.0562. The summed E-state index contributed by atoms with van der Waals surface area (Å²) in [5, 5.41) is 11.9. The molecule has 4 nitrogen and oxygen atoms in total. The third-order valence-electron chi connectivity index (χ3n) is 5.45. The maximum atomic E-state index is 13.3. The van der Waals surface area contributed by atoms with E-state index in [0.717, 1.165) is 20.9 Å². The summed E-state index contributed by atoms with van der Waals surface area (Å²) in [6.45, 7) is -0.174. The number of carbonyl (C=O) groups is 2. The van der Waals surface area contributed by atoms with Crippen LogP contribution in [0.15, 0.2) is 91.0 Å². The van der Waals surface area contributed by atoms with Crippen LogP contribution in [0.3, 0.4) is 0 Å². The first kappa shape index (κ1) is 20.6. The highest BCUT2D eigenvalue weighted by atomic mass is 32.1. The van der Waals surface area contributed by atoms with Crippen molar-refractivity contribution in [3.05, 3.63) is 113 Å². The first-order valence-corrected chi connectivity index (χ1v) is 11.2. The molecule has 1 aromatic heterocycles. The van der Waals surface area contributed by atoms with Crippen LogP contribution in [0.5, 0.6) is 5.75 Å². The number of nitrogens with zero attached hydrogens (tertiary/aromatic N) is 1. The van der Waals surface area contributed by atoms with E-state index in [2.05, 4.69) is 6.07 Å². The van der Waals surface area contributed by atoms with E-state index in [1.807, 2.05) is 60.7 Å². The lowest BCUT2D eigenvalue weighted by Gasteiger charge is -2.08. The van der Waals surface area contributed by atoms with Gasteiger partial charge in [-0.2, -0.15) is 5.26 Å². The van der Waals surface area contributed by atoms with Crippen LogP contribution in [-0.2, 0) is 0 Å². The van der Waals surface area contributed by atoms with Gasteiger partial charge in [-0.15, -0.1) is 11.3 Å². The molecule has 0 aliphatic carbocycles. The second-order valence-corrected chi connectivity index (χ2v) is 8.60. The molecule has 0 aliphatic rings. The fourth-order valence-electron chi connectivity index (χ4n) is 3.73. The number of Topliss-reactive ketones (excluding diaryl/α,β-unsaturated/α-hetero) is 1. The molecule has 0 atom stereocenters. The Hall–Kier alpha value is -4.27. The Bertz CT molecular complexity index is 1560. The van der Waals surface area contributed by atoms with Gasteiger partial charge >= 0.3 is 0 Å². The van der Waals surface area contributed by atoms with Crippen LogP contribution in [0.2, 0.25) is 0 Å². The van der Waals surface area contributed by atoms with Gasteiger partial charge in [-0.25, -0.2) is 0 Å². The highest BCUT2D eigenvalue weighted by Gasteiger charge is 2.22. The first-order valence-electron chi connectivity index (χ1n) is 10.4. The molecule has 0 bridgehead atoms. The Morgan fingerprint density at radius 2 is 1.52 bits per heavy atom. The molecule has 5 heteroatoms. The number of nitriles is 1. The molecule has 158 valence electrons. The molecule has 5 rings (SSSR count). The van der Waals surface area contributed by atoms with E-state index in [1.54, 1.807) is 30.3 Å². The molecule has 0 fully saturated rings. The lowest BCUT2D eigenvalue weighted by atomic mass is 10.0. The molecule has 0 aliphatic heterocycles. The highest BCUT2D eigenvalue weighted by Crippen LogP contribution is 2.39. The topological polar surface area (TPSA) is 67.2 Å². The number of benzene rings is 4. The second-order valence-electron chi connectivity index (χ2n) is 7.55. The Morgan fingerprint density at radius 3 is 2.30 bits per heavy atom.